The van der Waals surface area contributed by atoms with Crippen molar-refractivity contribution in [3.05, 3.63) is 70.3 Å². The first-order valence-corrected chi connectivity index (χ1v) is 9.40. The Balaban J connectivity index is 1.61. The average Bonchev–Trinajstić information content (AvgIpc) is 3.12. The summed E-state index contributed by atoms with van der Waals surface area (Å²) in [5, 5.41) is 9.15. The van der Waals surface area contributed by atoms with Crippen molar-refractivity contribution in [1.29, 1.82) is 0 Å². The number of hydrogen-bond donors (Lipinski definition) is 3. The van der Waals surface area contributed by atoms with Gasteiger partial charge in [-0.1, -0.05) is 49.7 Å². The Hall–Kier alpha value is -2.66. The number of carbonyl (C=O) groups is 2. The molecule has 2 aromatic carbocycles. The van der Waals surface area contributed by atoms with Gasteiger partial charge in [-0.05, 0) is 41.7 Å². The number of hydrogen-bond acceptors (Lipinski definition) is 3. The maximum absolute atomic E-state index is 12.7. The molecule has 5 nitrogen and oxygen atoms in total. The monoisotopic (exact) mass is 365 g/mol. The standard InChI is InChI=1S/C22H27N3O2/c1-14(2)20(25-21(26)17-7-4-15(3)5-8-17)22(27)24-11-16-6-9-18-12-23-13-19(18)10-16/h4-10,14,20,23H,11-13H2,1-3H3,(H,24,27)(H,25,26). The second-order valence-electron chi connectivity index (χ2n) is 7.49. The molecular formula is C22H27N3O2. The minimum Gasteiger partial charge on any atom is -0.350 e. The van der Waals surface area contributed by atoms with Gasteiger partial charge in [-0.2, -0.15) is 0 Å². The highest BCUT2D eigenvalue weighted by molar-refractivity contribution is 5.97. The Labute approximate surface area is 160 Å². The van der Waals surface area contributed by atoms with E-state index in [2.05, 4.69) is 28.1 Å². The van der Waals surface area contributed by atoms with E-state index in [1.807, 2.05) is 39.0 Å². The molecule has 0 aromatic heterocycles. The van der Waals surface area contributed by atoms with Crippen LogP contribution >= 0.6 is 0 Å². The van der Waals surface area contributed by atoms with E-state index < -0.39 is 6.04 Å². The smallest absolute Gasteiger partial charge is 0.251 e. The van der Waals surface area contributed by atoms with Crippen LogP contribution in [0.3, 0.4) is 0 Å². The first kappa shape index (κ1) is 19.1. The zero-order chi connectivity index (χ0) is 19.4. The summed E-state index contributed by atoms with van der Waals surface area (Å²) in [7, 11) is 0. The van der Waals surface area contributed by atoms with E-state index in [0.717, 1.165) is 24.2 Å². The molecule has 0 saturated carbocycles. The van der Waals surface area contributed by atoms with Crippen molar-refractivity contribution in [2.45, 2.75) is 46.4 Å². The molecule has 0 spiro atoms. The third kappa shape index (κ3) is 4.74. The molecule has 1 aliphatic heterocycles. The fraction of sp³-hybridized carbons (Fsp3) is 0.364. The molecule has 0 saturated heterocycles. The topological polar surface area (TPSA) is 70.2 Å². The molecule has 2 amide bonds. The average molecular weight is 365 g/mol. The predicted molar refractivity (Wildman–Crippen MR) is 106 cm³/mol. The van der Waals surface area contributed by atoms with Gasteiger partial charge in [0.05, 0.1) is 0 Å². The number of nitrogens with one attached hydrogen (secondary N) is 3. The third-order valence-corrected chi connectivity index (χ3v) is 4.92. The van der Waals surface area contributed by atoms with Crippen molar-refractivity contribution in [1.82, 2.24) is 16.0 Å². The summed E-state index contributed by atoms with van der Waals surface area (Å²) in [4.78, 5) is 25.2. The summed E-state index contributed by atoms with van der Waals surface area (Å²) in [6.07, 6.45) is 0. The summed E-state index contributed by atoms with van der Waals surface area (Å²) >= 11 is 0. The fourth-order valence-electron chi connectivity index (χ4n) is 3.22. The lowest BCUT2D eigenvalue weighted by atomic mass is 10.0. The lowest BCUT2D eigenvalue weighted by molar-refractivity contribution is -0.124. The molecule has 0 aliphatic carbocycles. The molecule has 0 radical (unpaired) electrons. The minimum atomic E-state index is -0.574. The molecule has 142 valence electrons. The van der Waals surface area contributed by atoms with Crippen molar-refractivity contribution in [3.8, 4) is 0 Å². The Morgan fingerprint density at radius 1 is 1.04 bits per heavy atom. The highest BCUT2D eigenvalue weighted by Crippen LogP contribution is 2.17. The van der Waals surface area contributed by atoms with E-state index in [4.69, 9.17) is 0 Å². The van der Waals surface area contributed by atoms with Crippen LogP contribution in [0.4, 0.5) is 0 Å². The normalized spacial score (nSPS) is 13.9. The molecule has 1 unspecified atom stereocenters. The molecule has 5 heteroatoms. The van der Waals surface area contributed by atoms with Crippen LogP contribution in [0.25, 0.3) is 0 Å². The minimum absolute atomic E-state index is 0.0105. The van der Waals surface area contributed by atoms with Crippen LogP contribution in [0.1, 0.15) is 46.5 Å². The van der Waals surface area contributed by atoms with Gasteiger partial charge in [0.15, 0.2) is 0 Å². The zero-order valence-electron chi connectivity index (χ0n) is 16.1. The second-order valence-corrected chi connectivity index (χ2v) is 7.49. The molecule has 1 aliphatic rings. The van der Waals surface area contributed by atoms with Gasteiger partial charge < -0.3 is 16.0 Å². The number of amides is 2. The number of aryl methyl sites for hydroxylation is 1. The summed E-state index contributed by atoms with van der Waals surface area (Å²) in [6, 6.07) is 13.0. The first-order chi connectivity index (χ1) is 12.9. The van der Waals surface area contributed by atoms with Crippen LogP contribution in [0.5, 0.6) is 0 Å². The largest absolute Gasteiger partial charge is 0.350 e. The van der Waals surface area contributed by atoms with Crippen molar-refractivity contribution < 1.29 is 9.59 Å². The van der Waals surface area contributed by atoms with Crippen molar-refractivity contribution in [2.75, 3.05) is 0 Å². The zero-order valence-corrected chi connectivity index (χ0v) is 16.1. The molecule has 0 bridgehead atoms. The Morgan fingerprint density at radius 2 is 1.74 bits per heavy atom. The molecule has 27 heavy (non-hydrogen) atoms. The maximum atomic E-state index is 12.7. The van der Waals surface area contributed by atoms with Crippen LogP contribution in [0.15, 0.2) is 42.5 Å². The van der Waals surface area contributed by atoms with Crippen LogP contribution in [0.2, 0.25) is 0 Å². The molecular weight excluding hydrogens is 338 g/mol. The second kappa shape index (κ2) is 8.35. The van der Waals surface area contributed by atoms with E-state index in [-0.39, 0.29) is 17.7 Å². The van der Waals surface area contributed by atoms with Crippen LogP contribution in [-0.2, 0) is 24.4 Å². The summed E-state index contributed by atoms with van der Waals surface area (Å²) in [5.74, 6) is -0.403. The van der Waals surface area contributed by atoms with E-state index in [9.17, 15) is 9.59 Å². The number of fused-ring (bicyclic) bond motifs is 1. The summed E-state index contributed by atoms with van der Waals surface area (Å²) in [6.45, 7) is 8.07. The van der Waals surface area contributed by atoms with Gasteiger partial charge in [0, 0.05) is 25.2 Å². The molecule has 1 atom stereocenters. The van der Waals surface area contributed by atoms with Crippen molar-refractivity contribution >= 4 is 11.8 Å². The number of benzene rings is 2. The molecule has 3 N–H and O–H groups in total. The van der Waals surface area contributed by atoms with Crippen LogP contribution in [-0.4, -0.2) is 17.9 Å². The highest BCUT2D eigenvalue weighted by atomic mass is 16.2. The van der Waals surface area contributed by atoms with Crippen molar-refractivity contribution in [3.63, 3.8) is 0 Å². The lowest BCUT2D eigenvalue weighted by Crippen LogP contribution is -2.49. The van der Waals surface area contributed by atoms with E-state index >= 15 is 0 Å². The Bertz CT molecular complexity index is 828. The molecule has 1 heterocycles. The third-order valence-electron chi connectivity index (χ3n) is 4.92. The van der Waals surface area contributed by atoms with Gasteiger partial charge in [-0.25, -0.2) is 0 Å². The predicted octanol–water partition coefficient (Wildman–Crippen LogP) is 2.67. The molecule has 2 aromatic rings. The number of carbonyl (C=O) groups excluding carboxylic acids is 2. The Morgan fingerprint density at radius 3 is 2.44 bits per heavy atom. The van der Waals surface area contributed by atoms with Gasteiger partial charge >= 0.3 is 0 Å². The first-order valence-electron chi connectivity index (χ1n) is 9.40. The van der Waals surface area contributed by atoms with Gasteiger partial charge in [0.25, 0.3) is 5.91 Å². The van der Waals surface area contributed by atoms with Crippen molar-refractivity contribution in [2.24, 2.45) is 5.92 Å². The fourth-order valence-corrected chi connectivity index (χ4v) is 3.22. The van der Waals surface area contributed by atoms with Crippen LogP contribution in [0, 0.1) is 12.8 Å². The van der Waals surface area contributed by atoms with E-state index in [0.29, 0.717) is 12.1 Å². The maximum Gasteiger partial charge on any atom is 0.251 e. The van der Waals surface area contributed by atoms with Gasteiger partial charge in [0.1, 0.15) is 6.04 Å². The lowest BCUT2D eigenvalue weighted by Gasteiger charge is -2.22. The number of rotatable bonds is 6. The van der Waals surface area contributed by atoms with E-state index in [1.54, 1.807) is 12.1 Å². The SMILES string of the molecule is Cc1ccc(C(=O)NC(C(=O)NCc2ccc3c(c2)CNC3)C(C)C)cc1. The van der Waals surface area contributed by atoms with Gasteiger partial charge in [0.2, 0.25) is 5.91 Å². The summed E-state index contributed by atoms with van der Waals surface area (Å²) < 4.78 is 0. The van der Waals surface area contributed by atoms with Gasteiger partial charge in [-0.3, -0.25) is 9.59 Å². The highest BCUT2D eigenvalue weighted by Gasteiger charge is 2.24. The van der Waals surface area contributed by atoms with E-state index in [1.165, 1.54) is 11.1 Å². The molecule has 3 rings (SSSR count). The Kier molecular flexibility index (Phi) is 5.91. The quantitative estimate of drug-likeness (QED) is 0.737. The van der Waals surface area contributed by atoms with Crippen LogP contribution < -0.4 is 16.0 Å². The molecule has 0 fully saturated rings. The van der Waals surface area contributed by atoms with Gasteiger partial charge in [-0.15, -0.1) is 0 Å². The summed E-state index contributed by atoms with van der Waals surface area (Å²) in [5.41, 5.74) is 5.32.